The molecular weight excluding hydrogens is 420 g/mol. The zero-order chi connectivity index (χ0) is 23.6. The number of carbonyl (C=O) groups is 1. The highest BCUT2D eigenvalue weighted by Crippen LogP contribution is 2.28. The maximum Gasteiger partial charge on any atom is 0.347 e. The average Bonchev–Trinajstić information content (AvgIpc) is 2.84. The molecule has 33 heavy (non-hydrogen) atoms. The fourth-order valence-electron chi connectivity index (χ4n) is 3.07. The van der Waals surface area contributed by atoms with E-state index < -0.39 is 5.97 Å². The van der Waals surface area contributed by atoms with Crippen LogP contribution in [0.25, 0.3) is 11.4 Å². The van der Waals surface area contributed by atoms with Crippen LogP contribution in [0.15, 0.2) is 54.6 Å². The third-order valence-corrected chi connectivity index (χ3v) is 4.78. The highest BCUT2D eigenvalue weighted by atomic mass is 16.5. The second-order valence-electron chi connectivity index (χ2n) is 7.17. The Labute approximate surface area is 193 Å². The summed E-state index contributed by atoms with van der Waals surface area (Å²) in [5, 5.41) is 9.19. The Kier molecular flexibility index (Phi) is 8.33. The Bertz CT molecular complexity index is 1130. The van der Waals surface area contributed by atoms with Crippen molar-refractivity contribution in [3.05, 3.63) is 71.3 Å². The number of ether oxygens (including phenoxy) is 3. The van der Waals surface area contributed by atoms with Crippen LogP contribution in [0.3, 0.4) is 0 Å². The van der Waals surface area contributed by atoms with Crippen LogP contribution in [0.2, 0.25) is 0 Å². The van der Waals surface area contributed by atoms with E-state index in [2.05, 4.69) is 16.0 Å². The normalized spacial score (nSPS) is 11.4. The van der Waals surface area contributed by atoms with Crippen molar-refractivity contribution in [3.8, 4) is 23.3 Å². The molecule has 1 unspecified atom stereocenters. The molecule has 0 saturated carbocycles. The van der Waals surface area contributed by atoms with Gasteiger partial charge in [-0.3, -0.25) is 0 Å². The average molecular weight is 447 g/mol. The van der Waals surface area contributed by atoms with Crippen molar-refractivity contribution in [1.29, 1.82) is 5.26 Å². The zero-order valence-electron chi connectivity index (χ0n) is 18.7. The Morgan fingerprint density at radius 2 is 1.91 bits per heavy atom. The number of aromatic nitrogens is 2. The van der Waals surface area contributed by atoms with Crippen LogP contribution in [-0.2, 0) is 16.1 Å². The number of carbonyl (C=O) groups excluding carboxylic acids is 1. The van der Waals surface area contributed by atoms with Crippen LogP contribution in [0.5, 0.6) is 5.88 Å². The minimum Gasteiger partial charge on any atom is -0.471 e. The molecule has 0 aliphatic rings. The Balaban J connectivity index is 1.88. The number of benzene rings is 2. The number of hydrogen-bond acceptors (Lipinski definition) is 8. The van der Waals surface area contributed by atoms with E-state index in [0.29, 0.717) is 24.2 Å². The third kappa shape index (κ3) is 6.28. The van der Waals surface area contributed by atoms with E-state index in [-0.39, 0.29) is 42.4 Å². The minimum atomic E-state index is -0.664. The standard InChI is InChI=1S/C25H26N4O4/c1-3-20(16-31-15-17-9-6-5-7-10-17)33-24-21(25(30)32-4-2)22(27)28-23(29-24)19-12-8-11-18(13-19)14-26/h5-13,20H,3-4,15-16H2,1-2H3,(H2,27,28,29). The molecule has 0 aliphatic carbocycles. The van der Waals surface area contributed by atoms with Crippen LogP contribution in [0.1, 0.15) is 41.8 Å². The van der Waals surface area contributed by atoms with Gasteiger partial charge in [0.25, 0.3) is 0 Å². The molecule has 1 heterocycles. The molecule has 0 aliphatic heterocycles. The lowest BCUT2D eigenvalue weighted by Gasteiger charge is -2.20. The number of nitrogen functional groups attached to an aromatic ring is 1. The third-order valence-electron chi connectivity index (χ3n) is 4.78. The first-order chi connectivity index (χ1) is 16.0. The zero-order valence-corrected chi connectivity index (χ0v) is 18.7. The van der Waals surface area contributed by atoms with Crippen molar-refractivity contribution in [1.82, 2.24) is 9.97 Å². The fourth-order valence-corrected chi connectivity index (χ4v) is 3.07. The summed E-state index contributed by atoms with van der Waals surface area (Å²) >= 11 is 0. The van der Waals surface area contributed by atoms with Crippen LogP contribution >= 0.6 is 0 Å². The van der Waals surface area contributed by atoms with Gasteiger partial charge in [0.05, 0.1) is 31.5 Å². The molecule has 3 rings (SSSR count). The largest absolute Gasteiger partial charge is 0.471 e. The molecule has 0 amide bonds. The monoisotopic (exact) mass is 446 g/mol. The first kappa shape index (κ1) is 23.7. The van der Waals surface area contributed by atoms with Crippen molar-refractivity contribution >= 4 is 11.8 Å². The van der Waals surface area contributed by atoms with Gasteiger partial charge in [0.15, 0.2) is 11.4 Å². The predicted octanol–water partition coefficient (Wildman–Crippen LogP) is 4.15. The fraction of sp³-hybridized carbons (Fsp3) is 0.280. The first-order valence-corrected chi connectivity index (χ1v) is 10.7. The van der Waals surface area contributed by atoms with Crippen LogP contribution in [-0.4, -0.2) is 35.3 Å². The SMILES string of the molecule is CCOC(=O)c1c(N)nc(-c2cccc(C#N)c2)nc1OC(CC)COCc1ccccc1. The number of nitrogens with zero attached hydrogens (tertiary/aromatic N) is 3. The first-order valence-electron chi connectivity index (χ1n) is 10.7. The summed E-state index contributed by atoms with van der Waals surface area (Å²) in [5.41, 5.74) is 8.17. The van der Waals surface area contributed by atoms with E-state index in [9.17, 15) is 10.1 Å². The van der Waals surface area contributed by atoms with Gasteiger partial charge in [-0.25, -0.2) is 9.78 Å². The summed E-state index contributed by atoms with van der Waals surface area (Å²) in [6.07, 6.45) is 0.231. The van der Waals surface area contributed by atoms with Crippen molar-refractivity contribution in [3.63, 3.8) is 0 Å². The number of esters is 1. The molecule has 0 fully saturated rings. The summed E-state index contributed by atoms with van der Waals surface area (Å²) in [4.78, 5) is 21.3. The number of hydrogen-bond donors (Lipinski definition) is 1. The molecule has 2 N–H and O–H groups in total. The molecule has 0 radical (unpaired) electrons. The lowest BCUT2D eigenvalue weighted by Crippen LogP contribution is -2.25. The van der Waals surface area contributed by atoms with E-state index in [1.165, 1.54) is 0 Å². The quantitative estimate of drug-likeness (QED) is 0.461. The van der Waals surface area contributed by atoms with Gasteiger partial charge in [0, 0.05) is 5.56 Å². The molecule has 1 atom stereocenters. The molecule has 0 bridgehead atoms. The second kappa shape index (κ2) is 11.6. The van der Waals surface area contributed by atoms with Gasteiger partial charge in [-0.1, -0.05) is 49.4 Å². The highest BCUT2D eigenvalue weighted by molar-refractivity contribution is 5.97. The van der Waals surface area contributed by atoms with Gasteiger partial charge in [-0.15, -0.1) is 0 Å². The highest BCUT2D eigenvalue weighted by Gasteiger charge is 2.25. The van der Waals surface area contributed by atoms with Crippen molar-refractivity contribution in [2.75, 3.05) is 18.9 Å². The molecule has 2 aromatic carbocycles. The van der Waals surface area contributed by atoms with E-state index in [4.69, 9.17) is 19.9 Å². The molecular formula is C25H26N4O4. The second-order valence-corrected chi connectivity index (χ2v) is 7.17. The lowest BCUT2D eigenvalue weighted by atomic mass is 10.1. The maximum atomic E-state index is 12.6. The van der Waals surface area contributed by atoms with Crippen LogP contribution in [0, 0.1) is 11.3 Å². The molecule has 0 spiro atoms. The van der Waals surface area contributed by atoms with E-state index in [0.717, 1.165) is 5.56 Å². The Hall–Kier alpha value is -3.96. The summed E-state index contributed by atoms with van der Waals surface area (Å²) in [5.74, 6) is -0.459. The number of nitrogens with two attached hydrogens (primary N) is 1. The van der Waals surface area contributed by atoms with E-state index >= 15 is 0 Å². The smallest absolute Gasteiger partial charge is 0.347 e. The van der Waals surface area contributed by atoms with E-state index in [1.54, 1.807) is 31.2 Å². The van der Waals surface area contributed by atoms with Crippen molar-refractivity contribution in [2.45, 2.75) is 33.0 Å². The molecule has 3 aromatic rings. The molecule has 1 aromatic heterocycles. The molecule has 170 valence electrons. The van der Waals surface area contributed by atoms with Gasteiger partial charge in [0.1, 0.15) is 11.9 Å². The van der Waals surface area contributed by atoms with Gasteiger partial charge in [-0.05, 0) is 31.0 Å². The summed E-state index contributed by atoms with van der Waals surface area (Å²) < 4.78 is 17.0. The van der Waals surface area contributed by atoms with Crippen molar-refractivity contribution < 1.29 is 19.0 Å². The summed E-state index contributed by atoms with van der Waals surface area (Å²) in [7, 11) is 0. The van der Waals surface area contributed by atoms with Gasteiger partial charge >= 0.3 is 5.97 Å². The summed E-state index contributed by atoms with van der Waals surface area (Å²) in [6.45, 7) is 4.54. The number of rotatable bonds is 10. The van der Waals surface area contributed by atoms with E-state index in [1.807, 2.05) is 37.3 Å². The maximum absolute atomic E-state index is 12.6. The van der Waals surface area contributed by atoms with Crippen LogP contribution < -0.4 is 10.5 Å². The topological polar surface area (TPSA) is 120 Å². The Morgan fingerprint density at radius 3 is 2.61 bits per heavy atom. The summed E-state index contributed by atoms with van der Waals surface area (Å²) in [6, 6.07) is 18.7. The molecule has 8 heteroatoms. The van der Waals surface area contributed by atoms with Gasteiger partial charge < -0.3 is 19.9 Å². The van der Waals surface area contributed by atoms with Crippen molar-refractivity contribution in [2.24, 2.45) is 0 Å². The number of nitriles is 1. The number of anilines is 1. The minimum absolute atomic E-state index is 0.0217. The lowest BCUT2D eigenvalue weighted by molar-refractivity contribution is 0.0347. The van der Waals surface area contributed by atoms with Gasteiger partial charge in [-0.2, -0.15) is 10.2 Å². The van der Waals surface area contributed by atoms with Crippen LogP contribution in [0.4, 0.5) is 5.82 Å². The molecule has 0 saturated heterocycles. The Morgan fingerprint density at radius 1 is 1.12 bits per heavy atom. The molecule has 8 nitrogen and oxygen atoms in total. The van der Waals surface area contributed by atoms with Gasteiger partial charge in [0.2, 0.25) is 5.88 Å². The predicted molar refractivity (Wildman–Crippen MR) is 123 cm³/mol.